The van der Waals surface area contributed by atoms with Gasteiger partial charge in [-0.25, -0.2) is 4.79 Å². The Morgan fingerprint density at radius 1 is 1.07 bits per heavy atom. The van der Waals surface area contributed by atoms with E-state index in [2.05, 4.69) is 64.0 Å². The van der Waals surface area contributed by atoms with Gasteiger partial charge in [-0.15, -0.1) is 6.58 Å². The van der Waals surface area contributed by atoms with E-state index in [1.54, 1.807) is 12.1 Å². The van der Waals surface area contributed by atoms with Crippen LogP contribution in [-0.4, -0.2) is 12.7 Å². The van der Waals surface area contributed by atoms with Gasteiger partial charge in [-0.1, -0.05) is 39.8 Å². The summed E-state index contributed by atoms with van der Waals surface area (Å²) in [6, 6.07) is 12.2. The minimum atomic E-state index is -0.554. The second-order valence-corrected chi connectivity index (χ2v) is 9.17. The van der Waals surface area contributed by atoms with Gasteiger partial charge in [-0.3, -0.25) is 0 Å². The van der Waals surface area contributed by atoms with Crippen molar-refractivity contribution in [1.82, 2.24) is 4.58 Å². The molecule has 0 saturated heterocycles. The van der Waals surface area contributed by atoms with E-state index in [1.165, 1.54) is 17.5 Å². The first kappa shape index (κ1) is 21.0. The standard InChI is InChI=1S/C25H31N2O2/c1-7-8-17-15-18(9-11-20(17)23(28)29-26)27(6)19-10-12-21-22(16-19)25(4,5)14-13-24(21,2)3/h7,9-12,15-16H,1,6,8,13-14,26H2,2-5H3/q+1. The molecule has 0 heterocycles. The summed E-state index contributed by atoms with van der Waals surface area (Å²) >= 11 is 0. The molecule has 0 saturated carbocycles. The van der Waals surface area contributed by atoms with Crippen molar-refractivity contribution >= 4 is 24.1 Å². The SMILES string of the molecule is C=CCc1cc([N+](=C)c2ccc3c(c2)C(C)(C)CCC3(C)C)ccc1C(=O)ON. The van der Waals surface area contributed by atoms with E-state index in [0.717, 1.165) is 23.4 Å². The molecule has 3 rings (SSSR count). The van der Waals surface area contributed by atoms with Gasteiger partial charge in [-0.05, 0) is 52.8 Å². The third-order valence-corrected chi connectivity index (χ3v) is 6.24. The van der Waals surface area contributed by atoms with Crippen molar-refractivity contribution in [3.05, 3.63) is 71.3 Å². The highest BCUT2D eigenvalue weighted by atomic mass is 16.7. The molecule has 0 unspecified atom stereocenters. The van der Waals surface area contributed by atoms with Crippen molar-refractivity contribution in [2.75, 3.05) is 0 Å². The van der Waals surface area contributed by atoms with Crippen LogP contribution in [0.15, 0.2) is 49.1 Å². The van der Waals surface area contributed by atoms with Gasteiger partial charge in [0.25, 0.3) is 0 Å². The summed E-state index contributed by atoms with van der Waals surface area (Å²) in [7, 11) is 0. The molecule has 0 aromatic heterocycles. The third kappa shape index (κ3) is 3.90. The van der Waals surface area contributed by atoms with Crippen molar-refractivity contribution in [3.63, 3.8) is 0 Å². The first-order chi connectivity index (χ1) is 13.6. The molecule has 1 aliphatic rings. The van der Waals surface area contributed by atoms with Crippen molar-refractivity contribution in [1.29, 1.82) is 0 Å². The lowest BCUT2D eigenvalue weighted by Gasteiger charge is -2.41. The van der Waals surface area contributed by atoms with Crippen LogP contribution >= 0.6 is 0 Å². The van der Waals surface area contributed by atoms with Crippen LogP contribution in [-0.2, 0) is 22.1 Å². The largest absolute Gasteiger partial charge is 0.370 e. The smallest absolute Gasteiger partial charge is 0.356 e. The topological polar surface area (TPSA) is 55.3 Å². The van der Waals surface area contributed by atoms with Crippen LogP contribution in [0.1, 0.15) is 67.6 Å². The minimum absolute atomic E-state index is 0.129. The summed E-state index contributed by atoms with van der Waals surface area (Å²) in [5.41, 5.74) is 6.27. The molecular formula is C25H31N2O2+. The number of carbonyl (C=O) groups excluding carboxylic acids is 1. The Morgan fingerprint density at radius 3 is 2.28 bits per heavy atom. The number of nitrogens with zero attached hydrogens (tertiary/aromatic N) is 1. The number of rotatable bonds is 5. The van der Waals surface area contributed by atoms with Crippen LogP contribution in [0, 0.1) is 0 Å². The Bertz CT molecular complexity index is 986. The molecule has 2 aromatic carbocycles. The molecule has 1 aliphatic carbocycles. The van der Waals surface area contributed by atoms with Crippen LogP contribution in [0.4, 0.5) is 11.4 Å². The predicted molar refractivity (Wildman–Crippen MR) is 120 cm³/mol. The van der Waals surface area contributed by atoms with Crippen LogP contribution < -0.4 is 10.5 Å². The minimum Gasteiger partial charge on any atom is -0.370 e. The Morgan fingerprint density at radius 2 is 1.66 bits per heavy atom. The maximum absolute atomic E-state index is 11.9. The van der Waals surface area contributed by atoms with Crippen molar-refractivity contribution in [2.24, 2.45) is 5.90 Å². The second kappa shape index (κ2) is 7.60. The fourth-order valence-corrected chi connectivity index (χ4v) is 4.23. The van der Waals surface area contributed by atoms with E-state index in [-0.39, 0.29) is 10.8 Å². The molecule has 2 aromatic rings. The molecule has 0 bridgehead atoms. The van der Waals surface area contributed by atoms with Crippen molar-refractivity contribution in [3.8, 4) is 0 Å². The van der Waals surface area contributed by atoms with Gasteiger partial charge in [0.2, 0.25) is 11.4 Å². The number of fused-ring (bicyclic) bond motifs is 1. The van der Waals surface area contributed by atoms with Gasteiger partial charge in [-0.2, -0.15) is 10.5 Å². The lowest BCUT2D eigenvalue weighted by molar-refractivity contribution is 0.0502. The van der Waals surface area contributed by atoms with Gasteiger partial charge in [0.05, 0.1) is 5.56 Å². The molecule has 4 heteroatoms. The number of allylic oxidation sites excluding steroid dienone is 1. The average Bonchev–Trinajstić information content (AvgIpc) is 2.70. The molecule has 152 valence electrons. The van der Waals surface area contributed by atoms with E-state index >= 15 is 0 Å². The van der Waals surface area contributed by atoms with E-state index in [4.69, 9.17) is 5.90 Å². The van der Waals surface area contributed by atoms with Crippen molar-refractivity contribution < 1.29 is 9.63 Å². The Kier molecular flexibility index (Phi) is 5.50. The molecule has 0 fully saturated rings. The van der Waals surface area contributed by atoms with Crippen LogP contribution in [0.3, 0.4) is 0 Å². The molecule has 0 atom stereocenters. The number of nitrogens with two attached hydrogens (primary N) is 1. The highest BCUT2D eigenvalue weighted by molar-refractivity contribution is 5.91. The number of hydrogen-bond donors (Lipinski definition) is 1. The summed E-state index contributed by atoms with van der Waals surface area (Å²) in [6.07, 6.45) is 4.64. The zero-order chi connectivity index (χ0) is 21.4. The summed E-state index contributed by atoms with van der Waals surface area (Å²) in [5.74, 6) is 4.52. The maximum Gasteiger partial charge on any atom is 0.356 e. The first-order valence-corrected chi connectivity index (χ1v) is 10.0. The second-order valence-electron chi connectivity index (χ2n) is 9.17. The van der Waals surface area contributed by atoms with Gasteiger partial charge in [0.15, 0.2) is 0 Å². The monoisotopic (exact) mass is 391 g/mol. The number of hydrogen-bond acceptors (Lipinski definition) is 3. The van der Waals surface area contributed by atoms with E-state index < -0.39 is 5.97 Å². The fraction of sp³-hybridized carbons (Fsp3) is 0.360. The third-order valence-electron chi connectivity index (χ3n) is 6.24. The van der Waals surface area contributed by atoms with E-state index in [1.807, 2.05) is 16.7 Å². The Hall–Kier alpha value is -2.72. The first-order valence-electron chi connectivity index (χ1n) is 10.0. The van der Waals surface area contributed by atoms with Crippen LogP contribution in [0.5, 0.6) is 0 Å². The Balaban J connectivity index is 2.04. The number of benzene rings is 2. The molecule has 0 spiro atoms. The quantitative estimate of drug-likeness (QED) is 0.324. The summed E-state index contributed by atoms with van der Waals surface area (Å²) in [4.78, 5) is 16.4. The average molecular weight is 392 g/mol. The zero-order valence-corrected chi connectivity index (χ0v) is 17.9. The normalized spacial score (nSPS) is 16.6. The lowest BCUT2D eigenvalue weighted by atomic mass is 9.63. The highest BCUT2D eigenvalue weighted by Gasteiger charge is 2.37. The summed E-state index contributed by atoms with van der Waals surface area (Å²) in [5, 5.41) is 0. The highest BCUT2D eigenvalue weighted by Crippen LogP contribution is 2.46. The lowest BCUT2D eigenvalue weighted by Crippen LogP contribution is -2.33. The predicted octanol–water partition coefficient (Wildman–Crippen LogP) is 5.33. The van der Waals surface area contributed by atoms with Crippen molar-refractivity contribution in [2.45, 2.75) is 57.8 Å². The number of carbonyl (C=O) groups is 1. The molecule has 29 heavy (non-hydrogen) atoms. The fourth-order valence-electron chi connectivity index (χ4n) is 4.23. The zero-order valence-electron chi connectivity index (χ0n) is 17.9. The molecule has 0 radical (unpaired) electrons. The molecule has 0 amide bonds. The molecule has 2 N–H and O–H groups in total. The summed E-state index contributed by atoms with van der Waals surface area (Å²) in [6.45, 7) is 17.3. The van der Waals surface area contributed by atoms with Crippen LogP contribution in [0.2, 0.25) is 0 Å². The molecule has 4 nitrogen and oxygen atoms in total. The van der Waals surface area contributed by atoms with Gasteiger partial charge >= 0.3 is 5.97 Å². The van der Waals surface area contributed by atoms with E-state index in [0.29, 0.717) is 12.0 Å². The van der Waals surface area contributed by atoms with Crippen LogP contribution in [0.25, 0.3) is 0 Å². The van der Waals surface area contributed by atoms with Gasteiger partial charge < -0.3 is 4.84 Å². The molecular weight excluding hydrogens is 360 g/mol. The van der Waals surface area contributed by atoms with Gasteiger partial charge in [0, 0.05) is 24.3 Å². The van der Waals surface area contributed by atoms with Gasteiger partial charge in [0.1, 0.15) is 6.72 Å². The molecule has 0 aliphatic heterocycles. The maximum atomic E-state index is 11.9. The Labute approximate surface area is 173 Å². The van der Waals surface area contributed by atoms with E-state index in [9.17, 15) is 4.79 Å². The summed E-state index contributed by atoms with van der Waals surface area (Å²) < 4.78 is 1.90.